The molecule has 0 bridgehead atoms. The molecule has 0 saturated carbocycles. The highest BCUT2D eigenvalue weighted by atomic mass is 35.5. The molecule has 0 unspecified atom stereocenters. The number of nitrogens with two attached hydrogens (primary N) is 1. The summed E-state index contributed by atoms with van der Waals surface area (Å²) in [5.41, 5.74) is 6.57. The Labute approximate surface area is 146 Å². The lowest BCUT2D eigenvalue weighted by Gasteiger charge is -2.11. The number of carbonyl (C=O) groups excluding carboxylic acids is 1. The highest BCUT2D eigenvalue weighted by Crippen LogP contribution is 2.24. The smallest absolute Gasteiger partial charge is 0.275 e. The number of aromatic nitrogens is 1. The van der Waals surface area contributed by atoms with Gasteiger partial charge >= 0.3 is 0 Å². The van der Waals surface area contributed by atoms with Crippen LogP contribution in [0.2, 0.25) is 0 Å². The number of thiazole rings is 1. The fourth-order valence-corrected chi connectivity index (χ4v) is 2.66. The van der Waals surface area contributed by atoms with Gasteiger partial charge in [-0.25, -0.2) is 4.98 Å². The van der Waals surface area contributed by atoms with E-state index in [4.69, 9.17) is 10.5 Å². The SMILES string of the molecule is CCCCOc1ccccc1NC(=O)c1csc(CCN)n1.Cl. The molecule has 0 aliphatic carbocycles. The first kappa shape index (κ1) is 19.4. The summed E-state index contributed by atoms with van der Waals surface area (Å²) in [4.78, 5) is 16.5. The maximum Gasteiger partial charge on any atom is 0.275 e. The van der Waals surface area contributed by atoms with Crippen molar-refractivity contribution in [3.05, 3.63) is 40.3 Å². The minimum Gasteiger partial charge on any atom is -0.491 e. The number of anilines is 1. The van der Waals surface area contributed by atoms with E-state index in [1.807, 2.05) is 24.3 Å². The lowest BCUT2D eigenvalue weighted by Crippen LogP contribution is -2.14. The van der Waals surface area contributed by atoms with E-state index in [-0.39, 0.29) is 18.3 Å². The van der Waals surface area contributed by atoms with Gasteiger partial charge in [-0.2, -0.15) is 0 Å². The van der Waals surface area contributed by atoms with Crippen molar-refractivity contribution in [1.82, 2.24) is 4.98 Å². The van der Waals surface area contributed by atoms with Crippen LogP contribution in [0.5, 0.6) is 5.75 Å². The van der Waals surface area contributed by atoms with Crippen LogP contribution in [0.3, 0.4) is 0 Å². The van der Waals surface area contributed by atoms with E-state index >= 15 is 0 Å². The lowest BCUT2D eigenvalue weighted by molar-refractivity contribution is 0.102. The van der Waals surface area contributed by atoms with Gasteiger partial charge in [0, 0.05) is 11.8 Å². The van der Waals surface area contributed by atoms with Crippen LogP contribution < -0.4 is 15.8 Å². The molecular formula is C16H22ClN3O2S. The number of nitrogens with one attached hydrogen (secondary N) is 1. The van der Waals surface area contributed by atoms with Gasteiger partial charge < -0.3 is 15.8 Å². The third kappa shape index (κ3) is 5.82. The Morgan fingerprint density at radius 3 is 2.91 bits per heavy atom. The molecule has 2 rings (SSSR count). The molecule has 23 heavy (non-hydrogen) atoms. The van der Waals surface area contributed by atoms with Crippen molar-refractivity contribution in [2.45, 2.75) is 26.2 Å². The molecule has 5 nitrogen and oxygen atoms in total. The molecule has 0 aliphatic heterocycles. The van der Waals surface area contributed by atoms with E-state index in [1.54, 1.807) is 5.38 Å². The summed E-state index contributed by atoms with van der Waals surface area (Å²) in [7, 11) is 0. The number of amides is 1. The molecule has 0 aliphatic rings. The third-order valence-electron chi connectivity index (χ3n) is 3.03. The van der Waals surface area contributed by atoms with Gasteiger partial charge in [0.05, 0.1) is 17.3 Å². The number of benzene rings is 1. The Morgan fingerprint density at radius 2 is 2.17 bits per heavy atom. The first-order chi connectivity index (χ1) is 10.7. The van der Waals surface area contributed by atoms with Crippen LogP contribution >= 0.6 is 23.7 Å². The van der Waals surface area contributed by atoms with Crippen LogP contribution in [-0.4, -0.2) is 24.0 Å². The molecule has 0 saturated heterocycles. The number of halogens is 1. The van der Waals surface area contributed by atoms with Crippen LogP contribution in [0.4, 0.5) is 5.69 Å². The highest BCUT2D eigenvalue weighted by molar-refractivity contribution is 7.09. The number of ether oxygens (including phenoxy) is 1. The molecule has 0 fully saturated rings. The standard InChI is InChI=1S/C16H21N3O2S.ClH/c1-2-3-10-21-14-7-5-4-6-12(14)19-16(20)13-11-22-15(18-13)8-9-17;/h4-7,11H,2-3,8-10,17H2,1H3,(H,19,20);1H. The van der Waals surface area contributed by atoms with Gasteiger partial charge in [-0.3, -0.25) is 4.79 Å². The van der Waals surface area contributed by atoms with Crippen molar-refractivity contribution < 1.29 is 9.53 Å². The molecule has 1 heterocycles. The fraction of sp³-hybridized carbons (Fsp3) is 0.375. The van der Waals surface area contributed by atoms with Gasteiger partial charge in [0.25, 0.3) is 5.91 Å². The zero-order valence-electron chi connectivity index (χ0n) is 13.1. The second-order valence-corrected chi connectivity index (χ2v) is 5.76. The molecule has 0 atom stereocenters. The molecule has 126 valence electrons. The summed E-state index contributed by atoms with van der Waals surface area (Å²) in [5.74, 6) is 0.452. The van der Waals surface area contributed by atoms with Crippen molar-refractivity contribution >= 4 is 35.3 Å². The predicted molar refractivity (Wildman–Crippen MR) is 96.9 cm³/mol. The monoisotopic (exact) mass is 355 g/mol. The molecule has 7 heteroatoms. The number of unbranched alkanes of at least 4 members (excludes halogenated alkanes) is 1. The summed E-state index contributed by atoms with van der Waals surface area (Å²) in [6.07, 6.45) is 2.74. The molecule has 1 amide bonds. The van der Waals surface area contributed by atoms with Gasteiger partial charge in [0.15, 0.2) is 0 Å². The van der Waals surface area contributed by atoms with Gasteiger partial charge in [-0.15, -0.1) is 23.7 Å². The normalized spacial score (nSPS) is 10.0. The van der Waals surface area contributed by atoms with Crippen LogP contribution in [0.25, 0.3) is 0 Å². The number of hydrogen-bond acceptors (Lipinski definition) is 5. The second kappa shape index (κ2) is 10.2. The van der Waals surface area contributed by atoms with Gasteiger partial charge in [-0.05, 0) is 25.1 Å². The van der Waals surface area contributed by atoms with E-state index in [1.165, 1.54) is 11.3 Å². The minimum atomic E-state index is -0.230. The van der Waals surface area contributed by atoms with Crippen molar-refractivity contribution in [2.24, 2.45) is 5.73 Å². The first-order valence-corrected chi connectivity index (χ1v) is 8.30. The molecule has 0 radical (unpaired) electrons. The lowest BCUT2D eigenvalue weighted by atomic mass is 10.2. The van der Waals surface area contributed by atoms with Crippen LogP contribution in [0.1, 0.15) is 35.3 Å². The van der Waals surface area contributed by atoms with E-state index in [0.29, 0.717) is 36.7 Å². The number of carbonyl (C=O) groups is 1. The van der Waals surface area contributed by atoms with Gasteiger partial charge in [0.1, 0.15) is 11.4 Å². The predicted octanol–water partition coefficient (Wildman–Crippen LogP) is 3.50. The quantitative estimate of drug-likeness (QED) is 0.710. The Bertz CT molecular complexity index is 619. The highest BCUT2D eigenvalue weighted by Gasteiger charge is 2.13. The average molecular weight is 356 g/mol. The Kier molecular flexibility index (Phi) is 8.61. The Morgan fingerprint density at radius 1 is 1.39 bits per heavy atom. The average Bonchev–Trinajstić information content (AvgIpc) is 2.98. The van der Waals surface area contributed by atoms with Crippen LogP contribution in [0, 0.1) is 0 Å². The summed E-state index contributed by atoms with van der Waals surface area (Å²) in [6, 6.07) is 7.43. The van der Waals surface area contributed by atoms with Crippen molar-refractivity contribution in [3.63, 3.8) is 0 Å². The van der Waals surface area contributed by atoms with E-state index in [0.717, 1.165) is 17.8 Å². The third-order valence-corrected chi connectivity index (χ3v) is 3.94. The number of para-hydroxylation sites is 2. The zero-order chi connectivity index (χ0) is 15.8. The zero-order valence-corrected chi connectivity index (χ0v) is 14.7. The minimum absolute atomic E-state index is 0. The van der Waals surface area contributed by atoms with E-state index in [9.17, 15) is 4.79 Å². The van der Waals surface area contributed by atoms with Crippen molar-refractivity contribution in [1.29, 1.82) is 0 Å². The number of nitrogens with zero attached hydrogens (tertiary/aromatic N) is 1. The molecule has 2 aromatic rings. The summed E-state index contributed by atoms with van der Waals surface area (Å²) < 4.78 is 5.71. The Balaban J connectivity index is 0.00000264. The van der Waals surface area contributed by atoms with Gasteiger partial charge in [0.2, 0.25) is 0 Å². The van der Waals surface area contributed by atoms with Crippen LogP contribution in [-0.2, 0) is 6.42 Å². The van der Waals surface area contributed by atoms with Crippen molar-refractivity contribution in [2.75, 3.05) is 18.5 Å². The maximum absolute atomic E-state index is 12.3. The molecule has 0 spiro atoms. The summed E-state index contributed by atoms with van der Waals surface area (Å²) >= 11 is 1.45. The molecular weight excluding hydrogens is 334 g/mol. The molecule has 1 aromatic carbocycles. The van der Waals surface area contributed by atoms with E-state index in [2.05, 4.69) is 17.2 Å². The summed E-state index contributed by atoms with van der Waals surface area (Å²) in [5, 5.41) is 5.48. The van der Waals surface area contributed by atoms with Gasteiger partial charge in [-0.1, -0.05) is 25.5 Å². The van der Waals surface area contributed by atoms with Crippen LogP contribution in [0.15, 0.2) is 29.6 Å². The summed E-state index contributed by atoms with van der Waals surface area (Å²) in [6.45, 7) is 3.28. The topological polar surface area (TPSA) is 77.2 Å². The number of hydrogen-bond donors (Lipinski definition) is 2. The fourth-order valence-electron chi connectivity index (χ4n) is 1.86. The van der Waals surface area contributed by atoms with Crippen molar-refractivity contribution in [3.8, 4) is 5.75 Å². The molecule has 3 N–H and O–H groups in total. The Hall–Kier alpha value is -1.63. The van der Waals surface area contributed by atoms with E-state index < -0.39 is 0 Å². The largest absolute Gasteiger partial charge is 0.491 e. The first-order valence-electron chi connectivity index (χ1n) is 7.42. The molecule has 1 aromatic heterocycles. The number of rotatable bonds is 8. The maximum atomic E-state index is 12.3. The second-order valence-electron chi connectivity index (χ2n) is 4.82.